The lowest BCUT2D eigenvalue weighted by atomic mass is 9.55. The van der Waals surface area contributed by atoms with Gasteiger partial charge in [0, 0.05) is 34.8 Å². The number of primary amides is 1. The standard InChI is InChI=1S/C30H36N2O9S/c1-4-17(34)41-26-19-15(12-42-13-8-5-6-9-13)14-10-7-11-16(33)18(14)24(35)20(19)27(37)30(40)22(26)23(32(2)3)25(36)21(28(30)38)29(31)39/h7,10-11,13,15,19,22-23,26,33,36-37,40H,4-6,8-9,12H2,1-3H3,(H2,31,39)/t15-,19?,22?,23-,26-,30?/m0/s1. The largest absolute Gasteiger partial charge is 0.510 e. The molecule has 0 bridgehead atoms. The van der Waals surface area contributed by atoms with E-state index in [4.69, 9.17) is 10.5 Å². The van der Waals surface area contributed by atoms with Gasteiger partial charge in [-0.2, -0.15) is 11.8 Å². The molecule has 1 fully saturated rings. The number of fused-ring (bicyclic) bond motifs is 3. The Hall–Kier alpha value is -3.35. The van der Waals surface area contributed by atoms with Gasteiger partial charge in [-0.05, 0) is 38.6 Å². The first-order chi connectivity index (χ1) is 19.9. The van der Waals surface area contributed by atoms with Crippen LogP contribution in [0.2, 0.25) is 0 Å². The summed E-state index contributed by atoms with van der Waals surface area (Å²) in [5, 5.41) is 46.3. The molecule has 0 aliphatic heterocycles. The number of aliphatic hydroxyl groups is 3. The van der Waals surface area contributed by atoms with Gasteiger partial charge in [-0.15, -0.1) is 0 Å². The molecule has 3 unspecified atom stereocenters. The second-order valence-corrected chi connectivity index (χ2v) is 13.0. The third kappa shape index (κ3) is 4.42. The molecule has 0 aromatic heterocycles. The van der Waals surface area contributed by atoms with Gasteiger partial charge in [0.25, 0.3) is 5.91 Å². The van der Waals surface area contributed by atoms with Crippen molar-refractivity contribution >= 4 is 35.2 Å². The van der Waals surface area contributed by atoms with E-state index in [2.05, 4.69) is 0 Å². The lowest BCUT2D eigenvalue weighted by Crippen LogP contribution is -2.69. The van der Waals surface area contributed by atoms with Gasteiger partial charge in [-0.25, -0.2) is 0 Å². The minimum atomic E-state index is -2.95. The van der Waals surface area contributed by atoms with Gasteiger partial charge < -0.3 is 30.9 Å². The summed E-state index contributed by atoms with van der Waals surface area (Å²) in [6.07, 6.45) is 2.77. The maximum atomic E-state index is 14.1. The van der Waals surface area contributed by atoms with Gasteiger partial charge in [0.15, 0.2) is 11.4 Å². The van der Waals surface area contributed by atoms with E-state index in [1.807, 2.05) is 0 Å². The lowest BCUT2D eigenvalue weighted by molar-refractivity contribution is -0.180. The predicted molar refractivity (Wildman–Crippen MR) is 153 cm³/mol. The molecule has 4 aliphatic carbocycles. The van der Waals surface area contributed by atoms with Crippen molar-refractivity contribution in [2.45, 2.75) is 67.9 Å². The normalized spacial score (nSPS) is 31.2. The first-order valence-electron chi connectivity index (χ1n) is 14.1. The number of nitrogens with two attached hydrogens (primary N) is 1. The van der Waals surface area contributed by atoms with Gasteiger partial charge in [0.1, 0.15) is 28.9 Å². The number of rotatable bonds is 7. The first kappa shape index (κ1) is 30.1. The number of carbonyl (C=O) groups excluding carboxylic acids is 4. The van der Waals surface area contributed by atoms with Crippen LogP contribution in [0.4, 0.5) is 0 Å². The van der Waals surface area contributed by atoms with Gasteiger partial charge in [-0.3, -0.25) is 24.1 Å². The highest BCUT2D eigenvalue weighted by molar-refractivity contribution is 7.99. The van der Waals surface area contributed by atoms with Crippen molar-refractivity contribution in [3.05, 3.63) is 52.0 Å². The number of aromatic hydroxyl groups is 1. The maximum absolute atomic E-state index is 14.1. The number of benzene rings is 1. The zero-order valence-electron chi connectivity index (χ0n) is 23.7. The zero-order valence-corrected chi connectivity index (χ0v) is 24.5. The number of carbonyl (C=O) groups is 4. The molecule has 4 aliphatic rings. The van der Waals surface area contributed by atoms with Crippen molar-refractivity contribution in [2.24, 2.45) is 17.6 Å². The van der Waals surface area contributed by atoms with Crippen LogP contribution in [0.5, 0.6) is 5.75 Å². The van der Waals surface area contributed by atoms with E-state index in [0.717, 1.165) is 25.7 Å². The Balaban J connectivity index is 1.80. The van der Waals surface area contributed by atoms with Gasteiger partial charge in [-0.1, -0.05) is 31.9 Å². The number of likely N-dealkylation sites (N-methyl/N-ethyl adjacent to an activating group) is 1. The number of amides is 1. The molecule has 6 atom stereocenters. The first-order valence-corrected chi connectivity index (χ1v) is 15.2. The molecule has 5 rings (SSSR count). The Morgan fingerprint density at radius 3 is 2.40 bits per heavy atom. The van der Waals surface area contributed by atoms with Crippen molar-refractivity contribution in [3.63, 3.8) is 0 Å². The fourth-order valence-corrected chi connectivity index (χ4v) is 8.78. The second kappa shape index (κ2) is 11.1. The summed E-state index contributed by atoms with van der Waals surface area (Å²) < 4.78 is 5.96. The minimum Gasteiger partial charge on any atom is -0.510 e. The molecule has 0 heterocycles. The third-order valence-electron chi connectivity index (χ3n) is 9.14. The number of aliphatic hydroxyl groups excluding tert-OH is 2. The molecule has 1 aromatic rings. The number of nitrogens with zero attached hydrogens (tertiary/aromatic N) is 1. The summed E-state index contributed by atoms with van der Waals surface area (Å²) in [6.45, 7) is 1.57. The Morgan fingerprint density at radius 2 is 1.81 bits per heavy atom. The van der Waals surface area contributed by atoms with Gasteiger partial charge in [0.05, 0.1) is 17.5 Å². The topological polar surface area (TPSA) is 188 Å². The average molecular weight is 601 g/mol. The van der Waals surface area contributed by atoms with Crippen molar-refractivity contribution in [2.75, 3.05) is 19.8 Å². The Kier molecular flexibility index (Phi) is 7.92. The molecule has 12 heteroatoms. The molecule has 0 saturated heterocycles. The molecule has 1 amide bonds. The van der Waals surface area contributed by atoms with Crippen LogP contribution in [0.3, 0.4) is 0 Å². The average Bonchev–Trinajstić information content (AvgIpc) is 3.45. The van der Waals surface area contributed by atoms with E-state index >= 15 is 0 Å². The number of phenols is 1. The number of thioether (sulfide) groups is 1. The molecular formula is C30H36N2O9S. The van der Waals surface area contributed by atoms with Crippen LogP contribution in [0.15, 0.2) is 40.9 Å². The summed E-state index contributed by atoms with van der Waals surface area (Å²) >= 11 is 1.69. The fraction of sp³-hybridized carbons (Fsp3) is 0.533. The quantitative estimate of drug-likeness (QED) is 0.228. The lowest BCUT2D eigenvalue weighted by Gasteiger charge is -2.54. The third-order valence-corrected chi connectivity index (χ3v) is 10.6. The van der Waals surface area contributed by atoms with Crippen molar-refractivity contribution in [1.29, 1.82) is 0 Å². The number of hydrogen-bond acceptors (Lipinski definition) is 11. The van der Waals surface area contributed by atoms with Crippen LogP contribution in [0, 0.1) is 11.8 Å². The Morgan fingerprint density at radius 1 is 1.14 bits per heavy atom. The number of hydrogen-bond donors (Lipinski definition) is 5. The summed E-state index contributed by atoms with van der Waals surface area (Å²) in [5.41, 5.74) is 1.63. The van der Waals surface area contributed by atoms with Crippen LogP contribution >= 0.6 is 11.8 Å². The van der Waals surface area contributed by atoms with Crippen LogP contribution in [-0.4, -0.2) is 91.6 Å². The Labute approximate surface area is 247 Å². The maximum Gasteiger partial charge on any atom is 0.305 e. The van der Waals surface area contributed by atoms with Crippen molar-refractivity contribution in [3.8, 4) is 5.75 Å². The summed E-state index contributed by atoms with van der Waals surface area (Å²) in [4.78, 5) is 54.6. The minimum absolute atomic E-state index is 0.0683. The molecule has 11 nitrogen and oxygen atoms in total. The van der Waals surface area contributed by atoms with Crippen LogP contribution in [0.1, 0.15) is 60.9 Å². The summed E-state index contributed by atoms with van der Waals surface area (Å²) in [7, 11) is 3.05. The SMILES string of the molecule is CCC(=O)O[C@H]1C2C(=C(O)C3(O)C(=O)C(C(N)=O)=C(O)[C@@H](N(C)C)C13)C(=O)c1c(O)cccc1[C@@H]2CSC1CCCC1. The molecule has 1 saturated carbocycles. The summed E-state index contributed by atoms with van der Waals surface area (Å²) in [6, 6.07) is 3.34. The van der Waals surface area contributed by atoms with E-state index in [1.165, 1.54) is 25.1 Å². The van der Waals surface area contributed by atoms with Gasteiger partial charge in [0.2, 0.25) is 5.78 Å². The van der Waals surface area contributed by atoms with Crippen molar-refractivity contribution in [1.82, 2.24) is 4.90 Å². The summed E-state index contributed by atoms with van der Waals surface area (Å²) in [5.74, 6) is -9.02. The van der Waals surface area contributed by atoms with Crippen molar-refractivity contribution < 1.29 is 44.3 Å². The smallest absolute Gasteiger partial charge is 0.305 e. The zero-order chi connectivity index (χ0) is 30.7. The fourth-order valence-electron chi connectivity index (χ4n) is 7.24. The highest BCUT2D eigenvalue weighted by atomic mass is 32.2. The Bertz CT molecular complexity index is 1410. The van der Waals surface area contributed by atoms with E-state index in [9.17, 15) is 39.6 Å². The molecule has 0 spiro atoms. The number of Topliss-reactive ketones (excluding diaryl/α,β-unsaturated/α-hetero) is 2. The highest BCUT2D eigenvalue weighted by Crippen LogP contribution is 2.57. The van der Waals surface area contributed by atoms with E-state index < -0.39 is 76.0 Å². The molecule has 0 radical (unpaired) electrons. The molecule has 6 N–H and O–H groups in total. The molecular weight excluding hydrogens is 564 g/mol. The molecule has 226 valence electrons. The highest BCUT2D eigenvalue weighted by Gasteiger charge is 2.68. The van der Waals surface area contributed by atoms with E-state index in [1.54, 1.807) is 30.8 Å². The number of ketones is 2. The number of phenolic OH excluding ortho intramolecular Hbond substituents is 1. The van der Waals surface area contributed by atoms with Crippen LogP contribution in [0.25, 0.3) is 0 Å². The monoisotopic (exact) mass is 600 g/mol. The molecule has 42 heavy (non-hydrogen) atoms. The number of ether oxygens (including phenoxy) is 1. The van der Waals surface area contributed by atoms with Gasteiger partial charge >= 0.3 is 5.97 Å². The van der Waals surface area contributed by atoms with E-state index in [0.29, 0.717) is 16.6 Å². The van der Waals surface area contributed by atoms with Crippen LogP contribution in [-0.2, 0) is 19.1 Å². The van der Waals surface area contributed by atoms with Crippen LogP contribution < -0.4 is 5.73 Å². The van der Waals surface area contributed by atoms with E-state index in [-0.39, 0.29) is 23.3 Å². The predicted octanol–water partition coefficient (Wildman–Crippen LogP) is 2.27. The second-order valence-electron chi connectivity index (χ2n) is 11.7. The molecule has 1 aromatic carbocycles. The number of esters is 1.